The van der Waals surface area contributed by atoms with Crippen LogP contribution in [0.5, 0.6) is 0 Å². The first-order valence-corrected chi connectivity index (χ1v) is 3.88. The SMILES string of the molecule is Cc1cc(N)c(F)cc1C#CC(N)=O. The second-order valence-electron chi connectivity index (χ2n) is 2.80. The molecule has 0 radical (unpaired) electrons. The van der Waals surface area contributed by atoms with E-state index in [0.29, 0.717) is 11.1 Å². The van der Waals surface area contributed by atoms with Crippen molar-refractivity contribution in [3.05, 3.63) is 29.1 Å². The molecular formula is C10H9FN2O. The monoisotopic (exact) mass is 192 g/mol. The van der Waals surface area contributed by atoms with Crippen molar-refractivity contribution in [3.63, 3.8) is 0 Å². The number of carbonyl (C=O) groups excluding carboxylic acids is 1. The van der Waals surface area contributed by atoms with Crippen molar-refractivity contribution < 1.29 is 9.18 Å². The third kappa shape index (κ3) is 2.23. The molecule has 0 aliphatic rings. The number of benzene rings is 1. The van der Waals surface area contributed by atoms with Crippen LogP contribution in [0.1, 0.15) is 11.1 Å². The summed E-state index contributed by atoms with van der Waals surface area (Å²) in [6.07, 6.45) is 0. The van der Waals surface area contributed by atoms with E-state index in [1.807, 2.05) is 0 Å². The van der Waals surface area contributed by atoms with Crippen LogP contribution in [0, 0.1) is 24.6 Å². The molecule has 4 N–H and O–H groups in total. The van der Waals surface area contributed by atoms with Crippen LogP contribution < -0.4 is 11.5 Å². The van der Waals surface area contributed by atoms with E-state index in [2.05, 4.69) is 11.8 Å². The summed E-state index contributed by atoms with van der Waals surface area (Å²) < 4.78 is 13.0. The molecule has 0 saturated heterocycles. The maximum absolute atomic E-state index is 13.0. The van der Waals surface area contributed by atoms with Crippen LogP contribution in [0.15, 0.2) is 12.1 Å². The van der Waals surface area contributed by atoms with E-state index < -0.39 is 11.7 Å². The van der Waals surface area contributed by atoms with Gasteiger partial charge in [-0.1, -0.05) is 5.92 Å². The van der Waals surface area contributed by atoms with Crippen molar-refractivity contribution in [3.8, 4) is 11.8 Å². The van der Waals surface area contributed by atoms with Crippen molar-refractivity contribution in [1.29, 1.82) is 0 Å². The molecule has 0 saturated carbocycles. The zero-order valence-corrected chi connectivity index (χ0v) is 7.60. The molecule has 0 aromatic heterocycles. The lowest BCUT2D eigenvalue weighted by Crippen LogP contribution is -2.06. The fraction of sp³-hybridized carbons (Fsp3) is 0.100. The summed E-state index contributed by atoms with van der Waals surface area (Å²) in [7, 11) is 0. The summed E-state index contributed by atoms with van der Waals surface area (Å²) in [4.78, 5) is 10.4. The van der Waals surface area contributed by atoms with Crippen LogP contribution in [0.25, 0.3) is 0 Å². The van der Waals surface area contributed by atoms with Crippen molar-refractivity contribution in [2.24, 2.45) is 5.73 Å². The van der Waals surface area contributed by atoms with Gasteiger partial charge in [-0.25, -0.2) is 4.39 Å². The van der Waals surface area contributed by atoms with Crippen LogP contribution in [0.4, 0.5) is 10.1 Å². The predicted molar refractivity (Wildman–Crippen MR) is 51.6 cm³/mol. The molecule has 72 valence electrons. The predicted octanol–water partition coefficient (Wildman–Crippen LogP) is 0.553. The molecule has 14 heavy (non-hydrogen) atoms. The molecular weight excluding hydrogens is 183 g/mol. The number of aryl methyl sites for hydroxylation is 1. The summed E-state index contributed by atoms with van der Waals surface area (Å²) >= 11 is 0. The highest BCUT2D eigenvalue weighted by atomic mass is 19.1. The van der Waals surface area contributed by atoms with Crippen molar-refractivity contribution in [2.45, 2.75) is 6.92 Å². The van der Waals surface area contributed by atoms with Crippen LogP contribution in [-0.4, -0.2) is 5.91 Å². The zero-order chi connectivity index (χ0) is 10.7. The van der Waals surface area contributed by atoms with Crippen molar-refractivity contribution in [2.75, 3.05) is 5.73 Å². The number of halogens is 1. The van der Waals surface area contributed by atoms with Gasteiger partial charge < -0.3 is 11.5 Å². The number of nitrogen functional groups attached to an aromatic ring is 1. The zero-order valence-electron chi connectivity index (χ0n) is 7.60. The molecule has 0 unspecified atom stereocenters. The minimum absolute atomic E-state index is 0.0622. The molecule has 1 aromatic carbocycles. The van der Waals surface area contributed by atoms with Gasteiger partial charge in [-0.2, -0.15) is 0 Å². The van der Waals surface area contributed by atoms with E-state index >= 15 is 0 Å². The van der Waals surface area contributed by atoms with E-state index in [0.717, 1.165) is 0 Å². The summed E-state index contributed by atoms with van der Waals surface area (Å²) in [5.74, 6) is 3.29. The molecule has 3 nitrogen and oxygen atoms in total. The molecule has 1 amide bonds. The van der Waals surface area contributed by atoms with Gasteiger partial charge in [0.25, 0.3) is 5.91 Å². The van der Waals surface area contributed by atoms with Crippen molar-refractivity contribution in [1.82, 2.24) is 0 Å². The lowest BCUT2D eigenvalue weighted by molar-refractivity contribution is -0.112. The van der Waals surface area contributed by atoms with Crippen LogP contribution in [-0.2, 0) is 4.79 Å². The van der Waals surface area contributed by atoms with E-state index in [4.69, 9.17) is 11.5 Å². The number of amides is 1. The fourth-order valence-electron chi connectivity index (χ4n) is 0.967. The summed E-state index contributed by atoms with van der Waals surface area (Å²) in [6.45, 7) is 1.72. The third-order valence-electron chi connectivity index (χ3n) is 1.66. The maximum Gasteiger partial charge on any atom is 0.293 e. The van der Waals surface area contributed by atoms with Crippen LogP contribution in [0.2, 0.25) is 0 Å². The molecule has 0 fully saturated rings. The number of rotatable bonds is 0. The minimum atomic E-state index is -0.748. The van der Waals surface area contributed by atoms with E-state index in [-0.39, 0.29) is 5.69 Å². The Hall–Kier alpha value is -2.02. The van der Waals surface area contributed by atoms with Crippen LogP contribution in [0.3, 0.4) is 0 Å². The molecule has 0 aliphatic carbocycles. The van der Waals surface area contributed by atoms with Gasteiger partial charge in [0.15, 0.2) is 0 Å². The number of nitrogens with two attached hydrogens (primary N) is 2. The molecule has 0 atom stereocenters. The number of hydrogen-bond donors (Lipinski definition) is 2. The quantitative estimate of drug-likeness (QED) is 0.465. The molecule has 0 bridgehead atoms. The van der Waals surface area contributed by atoms with Gasteiger partial charge in [-0.05, 0) is 30.5 Å². The van der Waals surface area contributed by atoms with Gasteiger partial charge >= 0.3 is 0 Å². The largest absolute Gasteiger partial charge is 0.396 e. The maximum atomic E-state index is 13.0. The first-order valence-electron chi connectivity index (χ1n) is 3.88. The van der Waals surface area contributed by atoms with Gasteiger partial charge in [0.2, 0.25) is 0 Å². The van der Waals surface area contributed by atoms with E-state index in [1.165, 1.54) is 12.1 Å². The normalized spacial score (nSPS) is 9.00. The van der Waals surface area contributed by atoms with E-state index in [9.17, 15) is 9.18 Å². The van der Waals surface area contributed by atoms with Gasteiger partial charge in [-0.15, -0.1) is 0 Å². The second-order valence-corrected chi connectivity index (χ2v) is 2.80. The highest BCUT2D eigenvalue weighted by Gasteiger charge is 2.02. The molecule has 1 rings (SSSR count). The lowest BCUT2D eigenvalue weighted by atomic mass is 10.1. The Balaban J connectivity index is 3.18. The van der Waals surface area contributed by atoms with Gasteiger partial charge in [0, 0.05) is 5.56 Å². The fourth-order valence-corrected chi connectivity index (χ4v) is 0.967. The Morgan fingerprint density at radius 3 is 2.71 bits per heavy atom. The Kier molecular flexibility index (Phi) is 2.73. The highest BCUT2D eigenvalue weighted by Crippen LogP contribution is 2.15. The summed E-state index contributed by atoms with van der Waals surface area (Å²) in [5, 5.41) is 0. The highest BCUT2D eigenvalue weighted by molar-refractivity contribution is 5.92. The molecule has 0 spiro atoms. The number of primary amides is 1. The molecule has 1 aromatic rings. The van der Waals surface area contributed by atoms with Crippen molar-refractivity contribution >= 4 is 11.6 Å². The third-order valence-corrected chi connectivity index (χ3v) is 1.66. The second kappa shape index (κ2) is 3.79. The summed E-state index contributed by atoms with van der Waals surface area (Å²) in [5.41, 5.74) is 11.3. The Bertz CT molecular complexity index is 443. The smallest absolute Gasteiger partial charge is 0.293 e. The molecule has 0 aliphatic heterocycles. The first-order chi connectivity index (χ1) is 6.50. The topological polar surface area (TPSA) is 69.1 Å². The molecule has 4 heteroatoms. The van der Waals surface area contributed by atoms with Gasteiger partial charge in [-0.3, -0.25) is 4.79 Å². The van der Waals surface area contributed by atoms with E-state index in [1.54, 1.807) is 6.92 Å². The Morgan fingerprint density at radius 2 is 2.14 bits per heavy atom. The average Bonchev–Trinajstić information content (AvgIpc) is 2.09. The average molecular weight is 192 g/mol. The van der Waals surface area contributed by atoms with Gasteiger partial charge in [0.05, 0.1) is 5.69 Å². The number of carbonyl (C=O) groups is 1. The minimum Gasteiger partial charge on any atom is -0.396 e. The van der Waals surface area contributed by atoms with Crippen LogP contribution >= 0.6 is 0 Å². The van der Waals surface area contributed by atoms with Gasteiger partial charge in [0.1, 0.15) is 5.82 Å². The first kappa shape index (κ1) is 10.1. The Labute approximate surface area is 80.9 Å². The standard InChI is InChI=1S/C10H9FN2O/c1-6-4-9(12)8(11)5-7(6)2-3-10(13)14/h4-5H,12H2,1H3,(H2,13,14). The summed E-state index contributed by atoms with van der Waals surface area (Å²) in [6, 6.07) is 2.64. The number of hydrogen-bond acceptors (Lipinski definition) is 2. The molecule has 0 heterocycles. The Morgan fingerprint density at radius 1 is 1.50 bits per heavy atom. The number of anilines is 1. The lowest BCUT2D eigenvalue weighted by Gasteiger charge is -2.01.